The lowest BCUT2D eigenvalue weighted by Crippen LogP contribution is -2.56. The number of amides is 2. The van der Waals surface area contributed by atoms with Crippen LogP contribution < -0.4 is 16.0 Å². The first kappa shape index (κ1) is 28.2. The number of H-pyrrole nitrogens is 1. The smallest absolute Gasteiger partial charge is 0.347 e. The maximum absolute atomic E-state index is 14.0. The fourth-order valence-corrected chi connectivity index (χ4v) is 4.00. The third kappa shape index (κ3) is 8.03. The number of rotatable bonds is 12. The minimum atomic E-state index is -4.90. The predicted molar refractivity (Wildman–Crippen MR) is 122 cm³/mol. The largest absolute Gasteiger partial charge is 0.407 e. The van der Waals surface area contributed by atoms with Gasteiger partial charge in [0, 0.05) is 12.5 Å². The van der Waals surface area contributed by atoms with Crippen molar-refractivity contribution in [1.29, 1.82) is 0 Å². The Morgan fingerprint density at radius 2 is 1.86 bits per heavy atom. The number of carbonyl (C=O) groups excluding carboxylic acids is 3. The summed E-state index contributed by atoms with van der Waals surface area (Å²) in [6, 6.07) is -1.66. The molecule has 10 nitrogen and oxygen atoms in total. The molecule has 4 N–H and O–H groups in total. The molecule has 1 aliphatic rings. The summed E-state index contributed by atoms with van der Waals surface area (Å²) in [6.07, 6.45) is -2.58. The van der Waals surface area contributed by atoms with Crippen LogP contribution >= 0.6 is 0 Å². The number of nitrogens with zero attached hydrogens (tertiary/aromatic N) is 3. The molecule has 37 heavy (non-hydrogen) atoms. The van der Waals surface area contributed by atoms with Gasteiger partial charge < -0.3 is 10.6 Å². The maximum atomic E-state index is 14.0. The minimum absolute atomic E-state index is 0.0627. The van der Waals surface area contributed by atoms with Crippen LogP contribution in [0.3, 0.4) is 0 Å². The number of aromatic nitrogens is 4. The number of ketones is 1. The van der Waals surface area contributed by atoms with Crippen molar-refractivity contribution in [2.45, 2.75) is 76.3 Å². The summed E-state index contributed by atoms with van der Waals surface area (Å²) < 4.78 is 55.8. The second kappa shape index (κ2) is 12.2. The van der Waals surface area contributed by atoms with Crippen molar-refractivity contribution in [1.82, 2.24) is 36.6 Å². The van der Waals surface area contributed by atoms with Crippen LogP contribution in [0, 0.1) is 11.7 Å². The molecule has 1 saturated carbocycles. The van der Waals surface area contributed by atoms with Gasteiger partial charge in [0.25, 0.3) is 5.91 Å². The van der Waals surface area contributed by atoms with E-state index in [-0.39, 0.29) is 24.2 Å². The fourth-order valence-electron chi connectivity index (χ4n) is 4.00. The van der Waals surface area contributed by atoms with Gasteiger partial charge in [-0.2, -0.15) is 18.4 Å². The van der Waals surface area contributed by atoms with Crippen molar-refractivity contribution in [3.8, 4) is 0 Å². The number of tetrazole rings is 1. The number of hydrogen-bond acceptors (Lipinski definition) is 7. The second-order valence-electron chi connectivity index (χ2n) is 9.37. The molecule has 2 aromatic rings. The molecule has 3 atom stereocenters. The monoisotopic (exact) mass is 527 g/mol. The highest BCUT2D eigenvalue weighted by Crippen LogP contribution is 2.34. The van der Waals surface area contributed by atoms with E-state index >= 15 is 0 Å². The van der Waals surface area contributed by atoms with Crippen LogP contribution in [0.25, 0.3) is 0 Å². The zero-order chi connectivity index (χ0) is 27.2. The molecule has 0 aliphatic heterocycles. The molecule has 0 spiro atoms. The lowest BCUT2D eigenvalue weighted by Gasteiger charge is -2.31. The number of Topliss-reactive ketones (excluding diaryl/α,β-unsaturated/α-hetero) is 1. The number of halogens is 4. The van der Waals surface area contributed by atoms with E-state index in [1.54, 1.807) is 13.8 Å². The number of hydrogen-bond donors (Lipinski definition) is 4. The molecule has 202 valence electrons. The first-order valence-electron chi connectivity index (χ1n) is 11.9. The van der Waals surface area contributed by atoms with Gasteiger partial charge in [-0.25, -0.2) is 4.39 Å². The normalized spacial score (nSPS) is 16.5. The van der Waals surface area contributed by atoms with Crippen LogP contribution in [0.2, 0.25) is 0 Å². The van der Waals surface area contributed by atoms with Crippen molar-refractivity contribution in [2.75, 3.05) is 0 Å². The Morgan fingerprint density at radius 1 is 1.14 bits per heavy atom. The summed E-state index contributed by atoms with van der Waals surface area (Å²) in [5.41, 5.74) is -0.447. The fraction of sp³-hybridized carbons (Fsp3) is 0.565. The highest BCUT2D eigenvalue weighted by atomic mass is 19.4. The van der Waals surface area contributed by atoms with Crippen molar-refractivity contribution < 1.29 is 31.9 Å². The van der Waals surface area contributed by atoms with Crippen LogP contribution in [0.5, 0.6) is 0 Å². The van der Waals surface area contributed by atoms with Crippen molar-refractivity contribution >= 4 is 17.6 Å². The van der Waals surface area contributed by atoms with Gasteiger partial charge >= 0.3 is 6.18 Å². The van der Waals surface area contributed by atoms with Crippen LogP contribution in [0.15, 0.2) is 24.3 Å². The Balaban J connectivity index is 1.86. The zero-order valence-corrected chi connectivity index (χ0v) is 20.3. The van der Waals surface area contributed by atoms with Gasteiger partial charge in [0.2, 0.25) is 11.7 Å². The molecule has 1 aromatic carbocycles. The molecule has 1 heterocycles. The van der Waals surface area contributed by atoms with Gasteiger partial charge in [-0.05, 0) is 43.9 Å². The average Bonchev–Trinajstić information content (AvgIpc) is 3.29. The molecular formula is C23H29F4N7O3. The maximum Gasteiger partial charge on any atom is 0.407 e. The molecule has 2 amide bonds. The standard InChI is InChI=1S/C23H29F4N7O3/c1-12(2)28-22(37)19(35)16(9-13-5-3-6-13)30-21(36)17(11-18-31-33-34-32-18)29-20(23(25,26)27)14-7-4-8-15(24)10-14/h4,7-8,10,12-13,16-17,20,29H,3,5-6,9,11H2,1-2H3,(H,28,37)(H,30,36)(H,31,32,33,34)/t16-,17-,20-/m0/s1. The number of benzene rings is 1. The molecule has 1 fully saturated rings. The number of carbonyl (C=O) groups is 3. The van der Waals surface area contributed by atoms with E-state index in [9.17, 15) is 31.9 Å². The van der Waals surface area contributed by atoms with E-state index in [2.05, 4.69) is 36.6 Å². The lowest BCUT2D eigenvalue weighted by atomic mass is 9.80. The first-order chi connectivity index (χ1) is 17.4. The van der Waals surface area contributed by atoms with E-state index in [4.69, 9.17) is 0 Å². The van der Waals surface area contributed by atoms with E-state index in [1.807, 2.05) is 0 Å². The van der Waals surface area contributed by atoms with Crippen LogP contribution in [0.4, 0.5) is 17.6 Å². The summed E-state index contributed by atoms with van der Waals surface area (Å²) >= 11 is 0. The summed E-state index contributed by atoms with van der Waals surface area (Å²) in [6.45, 7) is 3.33. The molecule has 14 heteroatoms. The molecule has 3 rings (SSSR count). The number of aromatic amines is 1. The Bertz CT molecular complexity index is 1070. The molecular weight excluding hydrogens is 498 g/mol. The van der Waals surface area contributed by atoms with Gasteiger partial charge in [0.1, 0.15) is 11.9 Å². The zero-order valence-electron chi connectivity index (χ0n) is 20.3. The molecule has 0 radical (unpaired) electrons. The average molecular weight is 528 g/mol. The second-order valence-corrected chi connectivity index (χ2v) is 9.37. The van der Waals surface area contributed by atoms with E-state index in [1.165, 1.54) is 0 Å². The molecule has 0 unspecified atom stereocenters. The van der Waals surface area contributed by atoms with Crippen molar-refractivity contribution in [3.05, 3.63) is 41.5 Å². The van der Waals surface area contributed by atoms with Crippen LogP contribution in [-0.4, -0.2) is 62.5 Å². The first-order valence-corrected chi connectivity index (χ1v) is 11.9. The third-order valence-electron chi connectivity index (χ3n) is 6.04. The van der Waals surface area contributed by atoms with Gasteiger partial charge in [0.15, 0.2) is 5.82 Å². The minimum Gasteiger partial charge on any atom is -0.347 e. The van der Waals surface area contributed by atoms with Crippen LogP contribution in [0.1, 0.15) is 57.0 Å². The van der Waals surface area contributed by atoms with Gasteiger partial charge in [0.05, 0.1) is 12.1 Å². The van der Waals surface area contributed by atoms with Gasteiger partial charge in [-0.1, -0.05) is 36.6 Å². The Kier molecular flexibility index (Phi) is 9.29. The predicted octanol–water partition coefficient (Wildman–Crippen LogP) is 1.91. The SMILES string of the molecule is CC(C)NC(=O)C(=O)[C@H](CC1CCC1)NC(=O)[C@H](Cc1nn[nH]n1)N[C@@H](c1cccc(F)c1)C(F)(F)F. The quantitative estimate of drug-likeness (QED) is 0.244. The topological polar surface area (TPSA) is 142 Å². The molecule has 0 bridgehead atoms. The number of alkyl halides is 3. The lowest BCUT2D eigenvalue weighted by molar-refractivity contribution is -0.161. The van der Waals surface area contributed by atoms with E-state index in [0.717, 1.165) is 37.5 Å². The van der Waals surface area contributed by atoms with Crippen molar-refractivity contribution in [2.24, 2.45) is 5.92 Å². The highest BCUT2D eigenvalue weighted by molar-refractivity contribution is 6.38. The number of nitrogens with one attached hydrogen (secondary N) is 4. The van der Waals surface area contributed by atoms with Gasteiger partial charge in [-0.15, -0.1) is 10.2 Å². The highest BCUT2D eigenvalue weighted by Gasteiger charge is 2.44. The summed E-state index contributed by atoms with van der Waals surface area (Å²) in [5, 5.41) is 20.1. The summed E-state index contributed by atoms with van der Waals surface area (Å²) in [4.78, 5) is 38.5. The summed E-state index contributed by atoms with van der Waals surface area (Å²) in [5.74, 6) is -3.59. The molecule has 1 aromatic heterocycles. The van der Waals surface area contributed by atoms with Gasteiger partial charge in [-0.3, -0.25) is 19.7 Å². The Morgan fingerprint density at radius 3 is 2.41 bits per heavy atom. The molecule has 0 saturated heterocycles. The Hall–Kier alpha value is -3.42. The van der Waals surface area contributed by atoms with E-state index in [0.29, 0.717) is 6.07 Å². The third-order valence-corrected chi connectivity index (χ3v) is 6.04. The Labute approximate surface area is 210 Å². The molecule has 1 aliphatic carbocycles. The van der Waals surface area contributed by atoms with Crippen LogP contribution in [-0.2, 0) is 20.8 Å². The van der Waals surface area contributed by atoms with E-state index < -0.39 is 59.7 Å². The van der Waals surface area contributed by atoms with Crippen molar-refractivity contribution in [3.63, 3.8) is 0 Å². The summed E-state index contributed by atoms with van der Waals surface area (Å²) in [7, 11) is 0.